The van der Waals surface area contributed by atoms with Crippen molar-refractivity contribution in [3.05, 3.63) is 36.7 Å². The van der Waals surface area contributed by atoms with Crippen molar-refractivity contribution in [1.29, 1.82) is 0 Å². The van der Waals surface area contributed by atoms with Crippen LogP contribution in [0.5, 0.6) is 0 Å². The summed E-state index contributed by atoms with van der Waals surface area (Å²) in [6.45, 7) is 0. The van der Waals surface area contributed by atoms with Gasteiger partial charge in [-0.25, -0.2) is 9.97 Å². The van der Waals surface area contributed by atoms with Gasteiger partial charge in [-0.1, -0.05) is 18.2 Å². The lowest BCUT2D eigenvalue weighted by Gasteiger charge is -1.99. The Morgan fingerprint density at radius 1 is 1.16 bits per heavy atom. The van der Waals surface area contributed by atoms with E-state index in [9.17, 15) is 0 Å². The van der Waals surface area contributed by atoms with Crippen molar-refractivity contribution in [2.45, 2.75) is 0 Å². The van der Waals surface area contributed by atoms with Crippen LogP contribution in [0.3, 0.4) is 0 Å². The smallest absolute Gasteiger partial charge is 0.222 e. The molecule has 0 saturated carbocycles. The zero-order valence-corrected chi connectivity index (χ0v) is 10.6. The number of anilines is 1. The first-order valence-electron chi connectivity index (χ1n) is 5.77. The normalized spacial score (nSPS) is 11.4. The molecule has 0 bridgehead atoms. The maximum absolute atomic E-state index is 5.74. The van der Waals surface area contributed by atoms with Gasteiger partial charge in [0.2, 0.25) is 5.95 Å². The van der Waals surface area contributed by atoms with Crippen LogP contribution in [0.15, 0.2) is 36.7 Å². The van der Waals surface area contributed by atoms with E-state index in [2.05, 4.69) is 38.1 Å². The van der Waals surface area contributed by atoms with Gasteiger partial charge >= 0.3 is 0 Å². The number of aromatic nitrogens is 4. The first kappa shape index (κ1) is 10.5. The second-order valence-corrected chi connectivity index (χ2v) is 5.26. The SMILES string of the molecule is Nc1nc(-c2cc3ccccc3s2)c2[nH]cnc2n1. The number of hydrogen-bond acceptors (Lipinski definition) is 5. The number of hydrogen-bond donors (Lipinski definition) is 2. The van der Waals surface area contributed by atoms with E-state index in [4.69, 9.17) is 5.73 Å². The number of imidazole rings is 1. The summed E-state index contributed by atoms with van der Waals surface area (Å²) in [6, 6.07) is 10.4. The van der Waals surface area contributed by atoms with E-state index in [0.717, 1.165) is 16.1 Å². The fourth-order valence-corrected chi connectivity index (χ4v) is 3.19. The molecule has 3 heterocycles. The topological polar surface area (TPSA) is 80.5 Å². The summed E-state index contributed by atoms with van der Waals surface area (Å²) in [4.78, 5) is 16.7. The lowest BCUT2D eigenvalue weighted by Crippen LogP contribution is -1.96. The van der Waals surface area contributed by atoms with Crippen molar-refractivity contribution in [3.8, 4) is 10.6 Å². The van der Waals surface area contributed by atoms with Crippen LogP contribution < -0.4 is 5.73 Å². The van der Waals surface area contributed by atoms with Gasteiger partial charge in [0, 0.05) is 4.70 Å². The van der Waals surface area contributed by atoms with E-state index in [1.165, 1.54) is 10.1 Å². The minimum atomic E-state index is 0.243. The van der Waals surface area contributed by atoms with Gasteiger partial charge in [-0.2, -0.15) is 4.98 Å². The van der Waals surface area contributed by atoms with E-state index in [0.29, 0.717) is 5.65 Å². The van der Waals surface area contributed by atoms with Crippen LogP contribution in [0.4, 0.5) is 5.95 Å². The highest BCUT2D eigenvalue weighted by Crippen LogP contribution is 2.34. The Labute approximate surface area is 112 Å². The van der Waals surface area contributed by atoms with Gasteiger partial charge in [0.15, 0.2) is 5.65 Å². The van der Waals surface area contributed by atoms with Crippen molar-refractivity contribution in [3.63, 3.8) is 0 Å². The second-order valence-electron chi connectivity index (χ2n) is 4.18. The summed E-state index contributed by atoms with van der Waals surface area (Å²) < 4.78 is 1.22. The van der Waals surface area contributed by atoms with Gasteiger partial charge in [0.1, 0.15) is 11.2 Å². The quantitative estimate of drug-likeness (QED) is 0.555. The van der Waals surface area contributed by atoms with Gasteiger partial charge in [0.05, 0.1) is 11.2 Å². The number of benzene rings is 1. The minimum absolute atomic E-state index is 0.243. The van der Waals surface area contributed by atoms with Crippen molar-refractivity contribution >= 4 is 38.5 Å². The lowest BCUT2D eigenvalue weighted by atomic mass is 10.2. The highest BCUT2D eigenvalue weighted by molar-refractivity contribution is 7.22. The van der Waals surface area contributed by atoms with Crippen LogP contribution in [0.25, 0.3) is 31.8 Å². The fourth-order valence-electron chi connectivity index (χ4n) is 2.13. The molecule has 0 fully saturated rings. The Balaban J connectivity index is 2.05. The molecule has 0 aliphatic rings. The highest BCUT2D eigenvalue weighted by Gasteiger charge is 2.13. The van der Waals surface area contributed by atoms with Crippen LogP contribution in [0.2, 0.25) is 0 Å². The van der Waals surface area contributed by atoms with E-state index < -0.39 is 0 Å². The van der Waals surface area contributed by atoms with E-state index in [-0.39, 0.29) is 5.95 Å². The van der Waals surface area contributed by atoms with Gasteiger partial charge in [-0.05, 0) is 17.5 Å². The molecule has 0 atom stereocenters. The number of nitrogen functional groups attached to an aromatic ring is 1. The number of H-pyrrole nitrogens is 1. The third-order valence-electron chi connectivity index (χ3n) is 2.96. The number of fused-ring (bicyclic) bond motifs is 2. The molecule has 92 valence electrons. The van der Waals surface area contributed by atoms with Crippen molar-refractivity contribution in [1.82, 2.24) is 19.9 Å². The average molecular weight is 267 g/mol. The molecular formula is C13H9N5S. The fraction of sp³-hybridized carbons (Fsp3) is 0. The third-order valence-corrected chi connectivity index (χ3v) is 4.08. The monoisotopic (exact) mass is 267 g/mol. The summed E-state index contributed by atoms with van der Waals surface area (Å²) in [5.41, 5.74) is 7.97. The van der Waals surface area contributed by atoms with E-state index >= 15 is 0 Å². The molecule has 0 amide bonds. The summed E-state index contributed by atoms with van der Waals surface area (Å²) >= 11 is 1.68. The standard InChI is InChI=1S/C13H9N5S/c14-13-17-10(11-12(18-13)16-6-15-11)9-5-7-3-1-2-4-8(7)19-9/h1-6H,(H3,14,15,16,17,18). The Morgan fingerprint density at radius 2 is 2.05 bits per heavy atom. The minimum Gasteiger partial charge on any atom is -0.368 e. The van der Waals surface area contributed by atoms with Gasteiger partial charge < -0.3 is 10.7 Å². The number of rotatable bonds is 1. The summed E-state index contributed by atoms with van der Waals surface area (Å²) in [5, 5.41) is 1.20. The Kier molecular flexibility index (Phi) is 2.07. The largest absolute Gasteiger partial charge is 0.368 e. The summed E-state index contributed by atoms with van der Waals surface area (Å²) in [6.07, 6.45) is 1.61. The zero-order chi connectivity index (χ0) is 12.8. The predicted molar refractivity (Wildman–Crippen MR) is 76.9 cm³/mol. The zero-order valence-electron chi connectivity index (χ0n) is 9.79. The van der Waals surface area contributed by atoms with Crippen LogP contribution in [0, 0.1) is 0 Å². The predicted octanol–water partition coefficient (Wildman–Crippen LogP) is 2.82. The Morgan fingerprint density at radius 3 is 2.95 bits per heavy atom. The number of aromatic amines is 1. The number of nitrogens with one attached hydrogen (secondary N) is 1. The molecule has 5 nitrogen and oxygen atoms in total. The average Bonchev–Trinajstić information content (AvgIpc) is 3.03. The van der Waals surface area contributed by atoms with Gasteiger partial charge in [0.25, 0.3) is 0 Å². The second kappa shape index (κ2) is 3.76. The molecule has 4 rings (SSSR count). The molecular weight excluding hydrogens is 258 g/mol. The van der Waals surface area contributed by atoms with Gasteiger partial charge in [-0.3, -0.25) is 0 Å². The van der Waals surface area contributed by atoms with Crippen molar-refractivity contribution in [2.75, 3.05) is 5.73 Å². The highest BCUT2D eigenvalue weighted by atomic mass is 32.1. The summed E-state index contributed by atoms with van der Waals surface area (Å²) in [7, 11) is 0. The van der Waals surface area contributed by atoms with E-state index in [1.54, 1.807) is 17.7 Å². The van der Waals surface area contributed by atoms with Crippen molar-refractivity contribution < 1.29 is 0 Å². The summed E-state index contributed by atoms with van der Waals surface area (Å²) in [5.74, 6) is 0.243. The Bertz CT molecular complexity index is 859. The molecule has 0 aliphatic carbocycles. The Hall–Kier alpha value is -2.47. The maximum Gasteiger partial charge on any atom is 0.222 e. The van der Waals surface area contributed by atoms with Crippen LogP contribution >= 0.6 is 11.3 Å². The number of nitrogens with two attached hydrogens (primary N) is 1. The molecule has 1 aromatic carbocycles. The van der Waals surface area contributed by atoms with E-state index in [1.807, 2.05) is 12.1 Å². The molecule has 0 unspecified atom stereocenters. The van der Waals surface area contributed by atoms with Crippen LogP contribution in [-0.2, 0) is 0 Å². The van der Waals surface area contributed by atoms with Gasteiger partial charge in [-0.15, -0.1) is 11.3 Å². The molecule has 6 heteroatoms. The molecule has 3 N–H and O–H groups in total. The maximum atomic E-state index is 5.74. The first-order chi connectivity index (χ1) is 9.31. The van der Waals surface area contributed by atoms with Crippen LogP contribution in [0.1, 0.15) is 0 Å². The van der Waals surface area contributed by atoms with Crippen LogP contribution in [-0.4, -0.2) is 19.9 Å². The molecule has 19 heavy (non-hydrogen) atoms. The lowest BCUT2D eigenvalue weighted by molar-refractivity contribution is 1.22. The molecule has 4 aromatic rings. The molecule has 0 saturated heterocycles. The molecule has 0 radical (unpaired) electrons. The number of thiophene rings is 1. The third kappa shape index (κ3) is 1.57. The molecule has 0 spiro atoms. The first-order valence-corrected chi connectivity index (χ1v) is 6.58. The number of nitrogens with zero attached hydrogens (tertiary/aromatic N) is 3. The molecule has 0 aliphatic heterocycles. The van der Waals surface area contributed by atoms with Crippen molar-refractivity contribution in [2.24, 2.45) is 0 Å². The molecule has 3 aromatic heterocycles.